The van der Waals surface area contributed by atoms with Gasteiger partial charge < -0.3 is 28.7 Å². The van der Waals surface area contributed by atoms with E-state index >= 15 is 4.79 Å². The third-order valence-corrected chi connectivity index (χ3v) is 12.4. The lowest BCUT2D eigenvalue weighted by Crippen LogP contribution is -2.52. The Morgan fingerprint density at radius 1 is 0.825 bits per heavy atom. The number of morpholine rings is 1. The molecule has 1 fully saturated rings. The second kappa shape index (κ2) is 16.4. The van der Waals surface area contributed by atoms with E-state index in [9.17, 15) is 9.59 Å². The fourth-order valence-electron chi connectivity index (χ4n) is 8.22. The van der Waals surface area contributed by atoms with E-state index in [1.54, 1.807) is 35.0 Å². The van der Waals surface area contributed by atoms with Crippen molar-refractivity contribution in [3.05, 3.63) is 140 Å². The number of nitrogens with zero attached hydrogens (tertiary/aromatic N) is 5. The molecule has 0 unspecified atom stereocenters. The molecule has 4 aromatic carbocycles. The lowest BCUT2D eigenvalue weighted by Gasteiger charge is -2.41. The van der Waals surface area contributed by atoms with Crippen LogP contribution in [0.25, 0.3) is 11.3 Å². The molecule has 1 aromatic heterocycles. The summed E-state index contributed by atoms with van der Waals surface area (Å²) in [5, 5.41) is 0.462. The van der Waals surface area contributed by atoms with Crippen LogP contribution >= 0.6 is 23.2 Å². The van der Waals surface area contributed by atoms with E-state index in [4.69, 9.17) is 32.7 Å². The second-order valence-corrected chi connectivity index (χ2v) is 15.8. The minimum atomic E-state index is -0.552. The molecule has 12 heteroatoms. The molecule has 0 radical (unpaired) electrons. The van der Waals surface area contributed by atoms with Gasteiger partial charge >= 0.3 is 6.09 Å². The van der Waals surface area contributed by atoms with Crippen molar-refractivity contribution >= 4 is 46.8 Å². The predicted molar refractivity (Wildman–Crippen MR) is 222 cm³/mol. The molecule has 1 saturated heterocycles. The largest absolute Gasteiger partial charge is 0.415 e. The zero-order valence-corrected chi connectivity index (χ0v) is 33.9. The standard InChI is InChI=1S/C45H45Cl2N5O5/c1-29-36(43(53)49(3)34-12-5-4-6-13-34)25-40(48(29)2)37-23-31-16-17-51(45(55)57-41-15-9-14-39(46)42(41)47)26-33(31)24-38(37)44(54)52-27-32-11-8-7-10-30(32)22-35(52)28-50-18-20-56-21-19-50/h4-15,23-25,35H,16-22,26-28H2,1-3H3/t35-/m0/s1. The first-order chi connectivity index (χ1) is 27.6. The van der Waals surface area contributed by atoms with Crippen LogP contribution in [0.5, 0.6) is 5.75 Å². The molecule has 10 nitrogen and oxygen atoms in total. The van der Waals surface area contributed by atoms with Crippen LogP contribution in [0.4, 0.5) is 10.5 Å². The van der Waals surface area contributed by atoms with E-state index in [1.165, 1.54) is 5.56 Å². The number of hydrogen-bond donors (Lipinski definition) is 0. The van der Waals surface area contributed by atoms with Gasteiger partial charge in [-0.25, -0.2) is 4.79 Å². The number of carbonyl (C=O) groups excluding carboxylic acids is 3. The number of fused-ring (bicyclic) bond motifs is 2. The Kier molecular flexibility index (Phi) is 11.1. The Morgan fingerprint density at radius 2 is 1.56 bits per heavy atom. The summed E-state index contributed by atoms with van der Waals surface area (Å²) in [6.07, 6.45) is 0.723. The van der Waals surface area contributed by atoms with Crippen LogP contribution in [0.2, 0.25) is 10.0 Å². The van der Waals surface area contributed by atoms with Gasteiger partial charge in [0.2, 0.25) is 0 Å². The fraction of sp³-hybridized carbons (Fsp3) is 0.311. The highest BCUT2D eigenvalue weighted by atomic mass is 35.5. The molecular weight excluding hydrogens is 761 g/mol. The third-order valence-electron chi connectivity index (χ3n) is 11.6. The van der Waals surface area contributed by atoms with Crippen LogP contribution in [0.1, 0.15) is 48.7 Å². The van der Waals surface area contributed by atoms with Crippen molar-refractivity contribution in [1.29, 1.82) is 0 Å². The Hall–Kier alpha value is -5.13. The first kappa shape index (κ1) is 38.7. The van der Waals surface area contributed by atoms with Gasteiger partial charge in [0.05, 0.1) is 23.8 Å². The van der Waals surface area contributed by atoms with Crippen LogP contribution in [-0.4, -0.2) is 89.7 Å². The second-order valence-electron chi connectivity index (χ2n) is 15.0. The summed E-state index contributed by atoms with van der Waals surface area (Å²) in [5.41, 5.74) is 8.43. The van der Waals surface area contributed by atoms with Gasteiger partial charge in [0.15, 0.2) is 5.75 Å². The monoisotopic (exact) mass is 805 g/mol. The van der Waals surface area contributed by atoms with Crippen molar-refractivity contribution in [3.8, 4) is 17.0 Å². The molecule has 8 rings (SSSR count). The maximum atomic E-state index is 15.4. The number of amides is 3. The molecule has 294 valence electrons. The Labute approximate surface area is 343 Å². The zero-order chi connectivity index (χ0) is 39.8. The summed E-state index contributed by atoms with van der Waals surface area (Å²) in [5.74, 6) is -0.0529. The summed E-state index contributed by atoms with van der Waals surface area (Å²) >= 11 is 12.6. The quantitative estimate of drug-likeness (QED) is 0.166. The summed E-state index contributed by atoms with van der Waals surface area (Å²) in [4.78, 5) is 50.6. The molecule has 3 aliphatic rings. The average molecular weight is 807 g/mol. The molecule has 4 heterocycles. The zero-order valence-electron chi connectivity index (χ0n) is 32.3. The van der Waals surface area contributed by atoms with Crippen LogP contribution in [0, 0.1) is 6.92 Å². The van der Waals surface area contributed by atoms with Crippen LogP contribution in [-0.2, 0) is 37.7 Å². The highest BCUT2D eigenvalue weighted by molar-refractivity contribution is 6.43. The van der Waals surface area contributed by atoms with Crippen LogP contribution in [0.3, 0.4) is 0 Å². The molecular formula is C45H45Cl2N5O5. The molecule has 0 bridgehead atoms. The Bertz CT molecular complexity index is 2340. The highest BCUT2D eigenvalue weighted by Crippen LogP contribution is 2.37. The van der Waals surface area contributed by atoms with Gasteiger partial charge in [-0.3, -0.25) is 14.5 Å². The van der Waals surface area contributed by atoms with Crippen molar-refractivity contribution in [2.75, 3.05) is 51.3 Å². The molecule has 5 aromatic rings. The molecule has 0 N–H and O–H groups in total. The normalized spacial score (nSPS) is 16.8. The van der Waals surface area contributed by atoms with Gasteiger partial charge in [0, 0.05) is 87.6 Å². The van der Waals surface area contributed by atoms with E-state index in [0.29, 0.717) is 48.9 Å². The molecule has 0 aliphatic carbocycles. The molecule has 3 aliphatic heterocycles. The Balaban J connectivity index is 1.19. The van der Waals surface area contributed by atoms with E-state index in [2.05, 4.69) is 29.2 Å². The molecule has 57 heavy (non-hydrogen) atoms. The third kappa shape index (κ3) is 7.79. The molecule has 0 spiro atoms. The van der Waals surface area contributed by atoms with E-state index < -0.39 is 6.09 Å². The number of carbonyl (C=O) groups is 3. The summed E-state index contributed by atoms with van der Waals surface area (Å²) in [6, 6.07) is 28.7. The SMILES string of the molecule is Cc1c(C(=O)N(C)c2ccccc2)cc(-c2cc3c(cc2C(=O)N2Cc4ccccc4C[C@H]2CN2CCOCC2)CN(C(=O)Oc2cccc(Cl)c2Cl)CC3)n1C. The van der Waals surface area contributed by atoms with Crippen molar-refractivity contribution < 1.29 is 23.9 Å². The first-order valence-corrected chi connectivity index (χ1v) is 20.1. The van der Waals surface area contributed by atoms with E-state index in [0.717, 1.165) is 65.4 Å². The van der Waals surface area contributed by atoms with Gasteiger partial charge in [-0.2, -0.15) is 0 Å². The lowest BCUT2D eigenvalue weighted by atomic mass is 9.89. The number of anilines is 1. The first-order valence-electron chi connectivity index (χ1n) is 19.3. The fourth-order valence-corrected chi connectivity index (χ4v) is 8.55. The number of ether oxygens (including phenoxy) is 2. The lowest BCUT2D eigenvalue weighted by molar-refractivity contribution is 0.0193. The smallest absolute Gasteiger partial charge is 0.409 e. The number of benzene rings is 4. The molecule has 0 saturated carbocycles. The van der Waals surface area contributed by atoms with Gasteiger partial charge in [0.25, 0.3) is 11.8 Å². The van der Waals surface area contributed by atoms with Gasteiger partial charge in [-0.1, -0.05) is 71.7 Å². The maximum absolute atomic E-state index is 15.4. The van der Waals surface area contributed by atoms with Gasteiger partial charge in [-0.05, 0) is 84.5 Å². The summed E-state index contributed by atoms with van der Waals surface area (Å²) in [6.45, 7) is 6.74. The number of halogens is 2. The summed E-state index contributed by atoms with van der Waals surface area (Å²) < 4.78 is 13.4. The number of aromatic nitrogens is 1. The minimum Gasteiger partial charge on any atom is -0.409 e. The van der Waals surface area contributed by atoms with E-state index in [-0.39, 0.29) is 35.2 Å². The van der Waals surface area contributed by atoms with Gasteiger partial charge in [0.1, 0.15) is 5.02 Å². The van der Waals surface area contributed by atoms with Crippen LogP contribution in [0.15, 0.2) is 91.0 Å². The van der Waals surface area contributed by atoms with Gasteiger partial charge in [-0.15, -0.1) is 0 Å². The Morgan fingerprint density at radius 3 is 2.33 bits per heavy atom. The predicted octanol–water partition coefficient (Wildman–Crippen LogP) is 8.04. The highest BCUT2D eigenvalue weighted by Gasteiger charge is 2.35. The molecule has 1 atom stereocenters. The van der Waals surface area contributed by atoms with Crippen molar-refractivity contribution in [2.24, 2.45) is 7.05 Å². The van der Waals surface area contributed by atoms with Crippen molar-refractivity contribution in [3.63, 3.8) is 0 Å². The average Bonchev–Trinajstić information content (AvgIpc) is 3.54. The van der Waals surface area contributed by atoms with Crippen molar-refractivity contribution in [2.45, 2.75) is 38.9 Å². The molecule has 3 amide bonds. The van der Waals surface area contributed by atoms with E-state index in [1.807, 2.05) is 72.0 Å². The minimum absolute atomic E-state index is 0.0740. The number of rotatable bonds is 7. The topological polar surface area (TPSA) is 87.6 Å². The number of para-hydroxylation sites is 1. The number of hydrogen-bond acceptors (Lipinski definition) is 6. The van der Waals surface area contributed by atoms with Crippen LogP contribution < -0.4 is 9.64 Å². The maximum Gasteiger partial charge on any atom is 0.415 e. The summed E-state index contributed by atoms with van der Waals surface area (Å²) in [7, 11) is 3.71. The van der Waals surface area contributed by atoms with Crippen molar-refractivity contribution in [1.82, 2.24) is 19.3 Å².